The number of hydrogen-bond acceptors (Lipinski definition) is 6. The van der Waals surface area contributed by atoms with E-state index in [0.717, 1.165) is 37.1 Å². The highest BCUT2D eigenvalue weighted by Crippen LogP contribution is 2.45. The van der Waals surface area contributed by atoms with Crippen molar-refractivity contribution < 1.29 is 9.90 Å². The number of aromatic nitrogens is 3. The molecular weight excluding hydrogens is 530 g/mol. The second-order valence-electron chi connectivity index (χ2n) is 12.4. The van der Waals surface area contributed by atoms with Gasteiger partial charge in [0.25, 0.3) is 5.91 Å². The Morgan fingerprint density at radius 1 is 0.976 bits per heavy atom. The van der Waals surface area contributed by atoms with E-state index in [1.165, 1.54) is 48.3 Å². The van der Waals surface area contributed by atoms with Crippen molar-refractivity contribution in [1.82, 2.24) is 23.7 Å². The molecule has 1 amide bonds. The average molecular weight is 570 g/mol. The maximum absolute atomic E-state index is 13.2. The van der Waals surface area contributed by atoms with E-state index in [0.29, 0.717) is 36.1 Å². The number of nitrogens with zero attached hydrogens (tertiary/aromatic N) is 5. The van der Waals surface area contributed by atoms with E-state index in [9.17, 15) is 9.90 Å². The number of piperidine rings is 2. The maximum Gasteiger partial charge on any atom is 0.277 e. The Hall–Kier alpha value is -3.23. The van der Waals surface area contributed by atoms with Crippen LogP contribution in [0.2, 0.25) is 0 Å². The van der Waals surface area contributed by atoms with Crippen molar-refractivity contribution in [2.45, 2.75) is 82.3 Å². The van der Waals surface area contributed by atoms with Gasteiger partial charge in [-0.25, -0.2) is 4.98 Å². The molecule has 0 aliphatic carbocycles. The van der Waals surface area contributed by atoms with Crippen LogP contribution in [0.15, 0.2) is 54.6 Å². The fraction of sp³-hybridized carbons (Fsp3) is 0.485. The second-order valence-corrected chi connectivity index (χ2v) is 13.4. The van der Waals surface area contributed by atoms with Gasteiger partial charge in [-0.2, -0.15) is 4.37 Å². The van der Waals surface area contributed by atoms with Crippen molar-refractivity contribution in [3.8, 4) is 5.75 Å². The monoisotopic (exact) mass is 569 g/mol. The molecule has 5 heterocycles. The molecule has 2 bridgehead atoms. The van der Waals surface area contributed by atoms with Gasteiger partial charge < -0.3 is 14.6 Å². The first-order valence-corrected chi connectivity index (χ1v) is 15.9. The van der Waals surface area contributed by atoms with Gasteiger partial charge in [0, 0.05) is 31.2 Å². The van der Waals surface area contributed by atoms with Crippen LogP contribution >= 0.6 is 11.5 Å². The largest absolute Gasteiger partial charge is 0.504 e. The molecule has 7 nitrogen and oxygen atoms in total. The van der Waals surface area contributed by atoms with Gasteiger partial charge in [0.05, 0.1) is 15.9 Å². The van der Waals surface area contributed by atoms with Crippen molar-refractivity contribution in [3.05, 3.63) is 76.6 Å². The van der Waals surface area contributed by atoms with Gasteiger partial charge in [-0.1, -0.05) is 42.5 Å². The van der Waals surface area contributed by atoms with E-state index in [4.69, 9.17) is 4.98 Å². The third-order valence-electron chi connectivity index (χ3n) is 10.3. The summed E-state index contributed by atoms with van der Waals surface area (Å²) in [4.78, 5) is 23.5. The number of fused-ring (bicyclic) bond motifs is 3. The van der Waals surface area contributed by atoms with Crippen LogP contribution in [0.25, 0.3) is 11.0 Å². The van der Waals surface area contributed by atoms with E-state index in [-0.39, 0.29) is 22.8 Å². The standard InChI is InChI=1S/C33H39N5O2S/c1-22-31(39)30(35-41-22)32(40)36-17-14-33(15-18-36,24-8-4-3-5-9-24)16-19-37-25-12-13-26(37)21-27(20-25)38-23(2)34-28-10-6-7-11-29(28)38/h3-11,25-27,39H,12-21H2,1-2H3/t25-,26+,27+. The lowest BCUT2D eigenvalue weighted by Crippen LogP contribution is -2.49. The number of amides is 1. The number of carbonyl (C=O) groups is 1. The number of para-hydroxylation sites is 2. The summed E-state index contributed by atoms with van der Waals surface area (Å²) in [6, 6.07) is 21.3. The summed E-state index contributed by atoms with van der Waals surface area (Å²) in [6.07, 6.45) is 7.90. The molecule has 0 spiro atoms. The molecular formula is C33H39N5O2S. The number of rotatable bonds is 6. The number of aryl methyl sites for hydroxylation is 2. The van der Waals surface area contributed by atoms with Gasteiger partial charge in [0.2, 0.25) is 0 Å². The van der Waals surface area contributed by atoms with Crippen LogP contribution in [0.5, 0.6) is 5.75 Å². The molecule has 3 aliphatic rings. The SMILES string of the molecule is Cc1snc(C(=O)N2CCC(CCN3[C@@H]4CC[C@H]3C[C@@H](n3c(C)nc5ccccc53)C4)(c3ccccc3)CC2)c1O. The van der Waals surface area contributed by atoms with Gasteiger partial charge in [0.15, 0.2) is 11.4 Å². The number of likely N-dealkylation sites (tertiary alicyclic amines) is 1. The summed E-state index contributed by atoms with van der Waals surface area (Å²) in [5.41, 5.74) is 4.02. The zero-order chi connectivity index (χ0) is 28.1. The molecule has 0 saturated carbocycles. The van der Waals surface area contributed by atoms with Crippen molar-refractivity contribution in [2.75, 3.05) is 19.6 Å². The smallest absolute Gasteiger partial charge is 0.277 e. The molecule has 7 rings (SSSR count). The van der Waals surface area contributed by atoms with Crippen LogP contribution in [-0.4, -0.2) is 66.5 Å². The summed E-state index contributed by atoms with van der Waals surface area (Å²) in [6.45, 7) is 6.43. The highest BCUT2D eigenvalue weighted by atomic mass is 32.1. The molecule has 214 valence electrons. The first-order chi connectivity index (χ1) is 19.9. The lowest BCUT2D eigenvalue weighted by atomic mass is 9.70. The lowest BCUT2D eigenvalue weighted by molar-refractivity contribution is 0.0600. The van der Waals surface area contributed by atoms with Crippen LogP contribution in [0.4, 0.5) is 0 Å². The fourth-order valence-corrected chi connectivity index (χ4v) is 8.64. The van der Waals surface area contributed by atoms with E-state index < -0.39 is 0 Å². The molecule has 4 aromatic rings. The van der Waals surface area contributed by atoms with Crippen LogP contribution in [-0.2, 0) is 5.41 Å². The average Bonchev–Trinajstić information content (AvgIpc) is 3.60. The fourth-order valence-electron chi connectivity index (χ4n) is 8.06. The minimum atomic E-state index is -0.143. The number of hydrogen-bond donors (Lipinski definition) is 1. The summed E-state index contributed by atoms with van der Waals surface area (Å²) >= 11 is 1.19. The summed E-state index contributed by atoms with van der Waals surface area (Å²) in [5.74, 6) is 1.03. The topological polar surface area (TPSA) is 74.5 Å². The number of carbonyl (C=O) groups excluding carboxylic acids is 1. The van der Waals surface area contributed by atoms with Crippen molar-refractivity contribution in [2.24, 2.45) is 0 Å². The Balaban J connectivity index is 1.07. The molecule has 3 aliphatic heterocycles. The zero-order valence-electron chi connectivity index (χ0n) is 24.0. The Morgan fingerprint density at radius 3 is 2.34 bits per heavy atom. The van der Waals surface area contributed by atoms with Gasteiger partial charge in [0.1, 0.15) is 5.82 Å². The molecule has 3 atom stereocenters. The van der Waals surface area contributed by atoms with Crippen LogP contribution in [0, 0.1) is 13.8 Å². The third kappa shape index (κ3) is 4.65. The van der Waals surface area contributed by atoms with Gasteiger partial charge in [-0.3, -0.25) is 9.69 Å². The second kappa shape index (κ2) is 10.6. The predicted molar refractivity (Wildman–Crippen MR) is 163 cm³/mol. The normalized spacial score (nSPS) is 24.2. The highest BCUT2D eigenvalue weighted by molar-refractivity contribution is 7.06. The molecule has 8 heteroatoms. The first kappa shape index (κ1) is 26.7. The third-order valence-corrected chi connectivity index (χ3v) is 11.0. The lowest BCUT2D eigenvalue weighted by Gasteiger charge is -2.45. The van der Waals surface area contributed by atoms with E-state index >= 15 is 0 Å². The van der Waals surface area contributed by atoms with E-state index in [1.54, 1.807) is 6.92 Å². The number of imidazole rings is 1. The van der Waals surface area contributed by atoms with Gasteiger partial charge >= 0.3 is 0 Å². The molecule has 3 saturated heterocycles. The quantitative estimate of drug-likeness (QED) is 0.297. The van der Waals surface area contributed by atoms with Crippen molar-refractivity contribution >= 4 is 28.5 Å². The van der Waals surface area contributed by atoms with Crippen LogP contribution < -0.4 is 0 Å². The molecule has 2 aromatic carbocycles. The van der Waals surface area contributed by atoms with Crippen molar-refractivity contribution in [3.63, 3.8) is 0 Å². The molecule has 2 aromatic heterocycles. The summed E-state index contributed by atoms with van der Waals surface area (Å²) in [5, 5.41) is 10.3. The Morgan fingerprint density at radius 2 is 1.66 bits per heavy atom. The van der Waals surface area contributed by atoms with Crippen LogP contribution in [0.1, 0.15) is 77.7 Å². The molecule has 0 radical (unpaired) electrons. The molecule has 0 unspecified atom stereocenters. The van der Waals surface area contributed by atoms with E-state index in [2.05, 4.69) is 75.4 Å². The summed E-state index contributed by atoms with van der Waals surface area (Å²) in [7, 11) is 0. The predicted octanol–water partition coefficient (Wildman–Crippen LogP) is 6.25. The molecule has 1 N–H and O–H groups in total. The molecule has 3 fully saturated rings. The first-order valence-electron chi connectivity index (χ1n) is 15.1. The van der Waals surface area contributed by atoms with Crippen LogP contribution in [0.3, 0.4) is 0 Å². The Bertz CT molecular complexity index is 1540. The Kier molecular flexibility index (Phi) is 6.86. The Labute approximate surface area is 246 Å². The van der Waals surface area contributed by atoms with Gasteiger partial charge in [-0.05, 0) is 100.0 Å². The van der Waals surface area contributed by atoms with E-state index in [1.807, 2.05) is 4.90 Å². The minimum Gasteiger partial charge on any atom is -0.504 e. The highest BCUT2D eigenvalue weighted by Gasteiger charge is 2.44. The maximum atomic E-state index is 13.2. The summed E-state index contributed by atoms with van der Waals surface area (Å²) < 4.78 is 6.75. The zero-order valence-corrected chi connectivity index (χ0v) is 24.8. The number of aromatic hydroxyl groups is 1. The van der Waals surface area contributed by atoms with Crippen molar-refractivity contribution in [1.29, 1.82) is 0 Å². The number of benzene rings is 2. The van der Waals surface area contributed by atoms with Gasteiger partial charge in [-0.15, -0.1) is 0 Å². The minimum absolute atomic E-state index is 0.0395. The molecule has 41 heavy (non-hydrogen) atoms.